The van der Waals surface area contributed by atoms with Gasteiger partial charge in [-0.25, -0.2) is 9.18 Å². The van der Waals surface area contributed by atoms with E-state index in [0.29, 0.717) is 0 Å². The second-order valence-corrected chi connectivity index (χ2v) is 3.80. The van der Waals surface area contributed by atoms with Crippen LogP contribution in [0.3, 0.4) is 0 Å². The highest BCUT2D eigenvalue weighted by molar-refractivity contribution is 6.01. The average molecular weight is 244 g/mol. The maximum absolute atomic E-state index is 13.4. The van der Waals surface area contributed by atoms with E-state index >= 15 is 0 Å². The Morgan fingerprint density at radius 1 is 1.06 bits per heavy atom. The second-order valence-electron chi connectivity index (χ2n) is 3.80. The van der Waals surface area contributed by atoms with Crippen molar-refractivity contribution in [2.24, 2.45) is 0 Å². The molecule has 0 atom stereocenters. The maximum atomic E-state index is 13.4. The van der Waals surface area contributed by atoms with Crippen LogP contribution in [-0.4, -0.2) is 13.1 Å². The van der Waals surface area contributed by atoms with Crippen molar-refractivity contribution in [1.82, 2.24) is 0 Å². The Bertz CT molecular complexity index is 543. The lowest BCUT2D eigenvalue weighted by molar-refractivity contribution is 0.258. The summed E-state index contributed by atoms with van der Waals surface area (Å²) >= 11 is 0. The lowest BCUT2D eigenvalue weighted by atomic mass is 10.3. The van der Waals surface area contributed by atoms with Gasteiger partial charge in [0.1, 0.15) is 5.82 Å². The molecule has 0 radical (unpaired) electrons. The number of nitrogens with one attached hydrogen (secondary N) is 1. The number of anilines is 2. The van der Waals surface area contributed by atoms with Crippen LogP contribution in [-0.2, 0) is 0 Å². The summed E-state index contributed by atoms with van der Waals surface area (Å²) < 4.78 is 13.4. The van der Waals surface area contributed by atoms with Crippen LogP contribution in [0.1, 0.15) is 0 Å². The van der Waals surface area contributed by atoms with Crippen LogP contribution in [0.25, 0.3) is 0 Å². The molecule has 0 heterocycles. The van der Waals surface area contributed by atoms with Gasteiger partial charge in [0.25, 0.3) is 0 Å². The summed E-state index contributed by atoms with van der Waals surface area (Å²) in [5.41, 5.74) is 0.914. The van der Waals surface area contributed by atoms with Gasteiger partial charge in [0, 0.05) is 12.7 Å². The summed E-state index contributed by atoms with van der Waals surface area (Å²) in [5, 5.41) is 2.52. The summed E-state index contributed by atoms with van der Waals surface area (Å²) in [5.74, 6) is -0.452. The molecule has 0 aliphatic heterocycles. The first-order chi connectivity index (χ1) is 8.68. The number of urea groups is 1. The molecule has 0 aliphatic carbocycles. The summed E-state index contributed by atoms with van der Waals surface area (Å²) in [6, 6.07) is 14.8. The van der Waals surface area contributed by atoms with Gasteiger partial charge >= 0.3 is 6.03 Å². The zero-order valence-electron chi connectivity index (χ0n) is 9.93. The van der Waals surface area contributed by atoms with Gasteiger partial charge in [0.2, 0.25) is 0 Å². The van der Waals surface area contributed by atoms with E-state index < -0.39 is 5.82 Å². The Hall–Kier alpha value is -2.36. The quantitative estimate of drug-likeness (QED) is 0.861. The monoisotopic (exact) mass is 244 g/mol. The van der Waals surface area contributed by atoms with E-state index in [0.717, 1.165) is 5.69 Å². The zero-order chi connectivity index (χ0) is 13.0. The van der Waals surface area contributed by atoms with Crippen molar-refractivity contribution in [1.29, 1.82) is 0 Å². The SMILES string of the molecule is CN(C(=O)Nc1ccccc1F)c1ccccc1. The molecule has 0 saturated heterocycles. The third-order valence-electron chi connectivity index (χ3n) is 2.56. The van der Waals surface area contributed by atoms with Crippen LogP contribution in [0.4, 0.5) is 20.6 Å². The van der Waals surface area contributed by atoms with E-state index in [2.05, 4.69) is 5.32 Å². The molecule has 0 bridgehead atoms. The number of benzene rings is 2. The Labute approximate surface area is 105 Å². The molecule has 2 aromatic rings. The minimum Gasteiger partial charge on any atom is -0.305 e. The first-order valence-corrected chi connectivity index (χ1v) is 5.53. The van der Waals surface area contributed by atoms with Gasteiger partial charge in [0.05, 0.1) is 5.69 Å². The molecule has 4 heteroatoms. The smallest absolute Gasteiger partial charge is 0.305 e. The number of hydrogen-bond donors (Lipinski definition) is 1. The highest BCUT2D eigenvalue weighted by Crippen LogP contribution is 2.16. The average Bonchev–Trinajstić information content (AvgIpc) is 2.41. The molecular weight excluding hydrogens is 231 g/mol. The summed E-state index contributed by atoms with van der Waals surface area (Å²) in [7, 11) is 1.63. The van der Waals surface area contributed by atoms with Gasteiger partial charge in [-0.15, -0.1) is 0 Å². The number of halogens is 1. The molecule has 2 amide bonds. The van der Waals surface area contributed by atoms with Crippen molar-refractivity contribution in [3.05, 3.63) is 60.4 Å². The van der Waals surface area contributed by atoms with Crippen LogP contribution < -0.4 is 10.2 Å². The normalized spacial score (nSPS) is 9.89. The van der Waals surface area contributed by atoms with Crippen molar-refractivity contribution < 1.29 is 9.18 Å². The summed E-state index contributed by atoms with van der Waals surface area (Å²) in [6.45, 7) is 0. The fraction of sp³-hybridized carbons (Fsp3) is 0.0714. The van der Waals surface area contributed by atoms with Crippen molar-refractivity contribution in [3.8, 4) is 0 Å². The molecule has 0 spiro atoms. The number of nitrogens with zero attached hydrogens (tertiary/aromatic N) is 1. The molecule has 0 unspecified atom stereocenters. The Morgan fingerprint density at radius 2 is 1.67 bits per heavy atom. The number of para-hydroxylation sites is 2. The highest BCUT2D eigenvalue weighted by atomic mass is 19.1. The largest absolute Gasteiger partial charge is 0.326 e. The van der Waals surface area contributed by atoms with E-state index in [1.54, 1.807) is 31.3 Å². The summed E-state index contributed by atoms with van der Waals surface area (Å²) in [4.78, 5) is 13.3. The molecule has 92 valence electrons. The summed E-state index contributed by atoms with van der Waals surface area (Å²) in [6.07, 6.45) is 0. The van der Waals surface area contributed by atoms with Crippen molar-refractivity contribution in [2.75, 3.05) is 17.3 Å². The molecule has 18 heavy (non-hydrogen) atoms. The van der Waals surface area contributed by atoms with Gasteiger partial charge in [-0.05, 0) is 24.3 Å². The van der Waals surface area contributed by atoms with Gasteiger partial charge < -0.3 is 5.32 Å². The number of rotatable bonds is 2. The molecule has 0 fully saturated rings. The molecular formula is C14H13FN2O. The van der Waals surface area contributed by atoms with Crippen molar-refractivity contribution >= 4 is 17.4 Å². The van der Waals surface area contributed by atoms with E-state index in [9.17, 15) is 9.18 Å². The molecule has 0 aliphatic rings. The topological polar surface area (TPSA) is 32.3 Å². The molecule has 0 aromatic heterocycles. The fourth-order valence-electron chi connectivity index (χ4n) is 1.53. The number of hydrogen-bond acceptors (Lipinski definition) is 1. The number of amides is 2. The van der Waals surface area contributed by atoms with Crippen LogP contribution in [0.15, 0.2) is 54.6 Å². The third-order valence-corrected chi connectivity index (χ3v) is 2.56. The van der Waals surface area contributed by atoms with Gasteiger partial charge in [-0.2, -0.15) is 0 Å². The van der Waals surface area contributed by atoms with Crippen LogP contribution in [0.5, 0.6) is 0 Å². The van der Waals surface area contributed by atoms with Gasteiger partial charge in [-0.1, -0.05) is 30.3 Å². The van der Waals surface area contributed by atoms with E-state index in [-0.39, 0.29) is 11.7 Å². The van der Waals surface area contributed by atoms with Crippen LogP contribution in [0, 0.1) is 5.82 Å². The van der Waals surface area contributed by atoms with Crippen LogP contribution in [0.2, 0.25) is 0 Å². The second kappa shape index (κ2) is 5.31. The first kappa shape index (κ1) is 12.1. The predicted octanol–water partition coefficient (Wildman–Crippen LogP) is 3.49. The van der Waals surface area contributed by atoms with E-state index in [4.69, 9.17) is 0 Å². The number of carbonyl (C=O) groups is 1. The predicted molar refractivity (Wildman–Crippen MR) is 70.3 cm³/mol. The van der Waals surface area contributed by atoms with Gasteiger partial charge in [0.15, 0.2) is 0 Å². The van der Waals surface area contributed by atoms with E-state index in [1.165, 1.54) is 17.0 Å². The number of carbonyl (C=O) groups excluding carboxylic acids is 1. The minimum atomic E-state index is -0.452. The van der Waals surface area contributed by atoms with Crippen molar-refractivity contribution in [3.63, 3.8) is 0 Å². The Morgan fingerprint density at radius 3 is 2.33 bits per heavy atom. The lowest BCUT2D eigenvalue weighted by Gasteiger charge is -2.18. The Kier molecular flexibility index (Phi) is 3.57. The molecule has 3 nitrogen and oxygen atoms in total. The molecule has 0 saturated carbocycles. The van der Waals surface area contributed by atoms with Gasteiger partial charge in [-0.3, -0.25) is 4.90 Å². The van der Waals surface area contributed by atoms with Crippen LogP contribution >= 0.6 is 0 Å². The zero-order valence-corrected chi connectivity index (χ0v) is 9.93. The standard InChI is InChI=1S/C14H13FN2O/c1-17(11-7-3-2-4-8-11)14(18)16-13-10-6-5-9-12(13)15/h2-10H,1H3,(H,16,18). The fourth-order valence-corrected chi connectivity index (χ4v) is 1.53. The third kappa shape index (κ3) is 2.66. The molecule has 2 aromatic carbocycles. The Balaban J connectivity index is 2.12. The lowest BCUT2D eigenvalue weighted by Crippen LogP contribution is -2.31. The maximum Gasteiger partial charge on any atom is 0.326 e. The highest BCUT2D eigenvalue weighted by Gasteiger charge is 2.12. The molecule has 1 N–H and O–H groups in total. The van der Waals surface area contributed by atoms with E-state index in [1.807, 2.05) is 18.2 Å². The minimum absolute atomic E-state index is 0.172. The first-order valence-electron chi connectivity index (χ1n) is 5.53. The van der Waals surface area contributed by atoms with Crippen molar-refractivity contribution in [2.45, 2.75) is 0 Å². The molecule has 2 rings (SSSR count).